The Bertz CT molecular complexity index is 1210. The number of amides is 1. The zero-order valence-corrected chi connectivity index (χ0v) is 16.5. The van der Waals surface area contributed by atoms with E-state index in [9.17, 15) is 9.59 Å². The van der Waals surface area contributed by atoms with Gasteiger partial charge in [0.1, 0.15) is 10.3 Å². The number of thiophene rings is 1. The molecule has 0 unspecified atom stereocenters. The van der Waals surface area contributed by atoms with Crippen molar-refractivity contribution in [1.82, 2.24) is 19.4 Å². The summed E-state index contributed by atoms with van der Waals surface area (Å²) in [5.74, 6) is 0.119. The summed E-state index contributed by atoms with van der Waals surface area (Å²) in [6, 6.07) is 7.68. The number of aromatic nitrogens is 3. The van der Waals surface area contributed by atoms with E-state index in [1.165, 1.54) is 18.4 Å². The maximum Gasteiger partial charge on any atom is 0.265 e. The summed E-state index contributed by atoms with van der Waals surface area (Å²) in [7, 11) is 3.23. The second-order valence-corrected chi connectivity index (χ2v) is 7.48. The highest BCUT2D eigenvalue weighted by Crippen LogP contribution is 2.39. The number of benzene rings is 1. The molecule has 7 nitrogen and oxygen atoms in total. The molecule has 0 saturated heterocycles. The van der Waals surface area contributed by atoms with Crippen molar-refractivity contribution in [3.8, 4) is 5.75 Å². The van der Waals surface area contributed by atoms with Crippen LogP contribution >= 0.6 is 11.3 Å². The number of ether oxygens (including phenoxy) is 1. The summed E-state index contributed by atoms with van der Waals surface area (Å²) >= 11 is 1.30. The molecule has 0 fully saturated rings. The van der Waals surface area contributed by atoms with Crippen LogP contribution in [0.5, 0.6) is 5.75 Å². The fourth-order valence-corrected chi connectivity index (χ4v) is 4.55. The molecular formula is C20H20N4O3S. The number of hydrogen-bond donors (Lipinski definition) is 1. The molecule has 0 bridgehead atoms. The molecule has 1 N–H and O–H groups in total. The molecule has 4 rings (SSSR count). The van der Waals surface area contributed by atoms with Crippen molar-refractivity contribution < 1.29 is 9.53 Å². The third-order valence-electron chi connectivity index (χ3n) is 4.74. The summed E-state index contributed by atoms with van der Waals surface area (Å²) in [6.45, 7) is 1.29. The van der Waals surface area contributed by atoms with Crippen molar-refractivity contribution >= 4 is 38.2 Å². The standard InChI is InChI=1S/C20H20N4O3S/c1-23-14-7-4-3-6-13(14)17-15(20(23)26)16(27-2)18(28-17)19(25)22-8-5-10-24-11-9-21-12-24/h3-4,6-7,9,11-12H,5,8,10H2,1-2H3,(H,22,25). The second kappa shape index (κ2) is 7.47. The van der Waals surface area contributed by atoms with E-state index >= 15 is 0 Å². The Kier molecular flexibility index (Phi) is 4.87. The maximum atomic E-state index is 12.9. The second-order valence-electron chi connectivity index (χ2n) is 6.46. The van der Waals surface area contributed by atoms with Crippen LogP contribution in [0.4, 0.5) is 0 Å². The fraction of sp³-hybridized carbons (Fsp3) is 0.250. The van der Waals surface area contributed by atoms with Crippen LogP contribution in [0, 0.1) is 0 Å². The van der Waals surface area contributed by atoms with E-state index in [2.05, 4.69) is 10.3 Å². The van der Waals surface area contributed by atoms with E-state index < -0.39 is 0 Å². The number of fused-ring (bicyclic) bond motifs is 3. The fourth-order valence-electron chi connectivity index (χ4n) is 3.34. The van der Waals surface area contributed by atoms with Crippen LogP contribution in [0.2, 0.25) is 0 Å². The molecule has 3 aromatic heterocycles. The molecule has 0 aliphatic carbocycles. The number of nitrogens with one attached hydrogen (secondary N) is 1. The smallest absolute Gasteiger partial charge is 0.265 e. The highest BCUT2D eigenvalue weighted by molar-refractivity contribution is 7.22. The van der Waals surface area contributed by atoms with Gasteiger partial charge in [-0.15, -0.1) is 11.3 Å². The van der Waals surface area contributed by atoms with Crippen LogP contribution in [0.3, 0.4) is 0 Å². The minimum Gasteiger partial charge on any atom is -0.494 e. The van der Waals surface area contributed by atoms with Crippen LogP contribution < -0.4 is 15.6 Å². The van der Waals surface area contributed by atoms with Crippen LogP contribution in [0.25, 0.3) is 21.0 Å². The van der Waals surface area contributed by atoms with E-state index in [1.54, 1.807) is 24.1 Å². The predicted molar refractivity (Wildman–Crippen MR) is 110 cm³/mol. The summed E-state index contributed by atoms with van der Waals surface area (Å²) in [6.07, 6.45) is 6.14. The largest absolute Gasteiger partial charge is 0.494 e. The van der Waals surface area contributed by atoms with Gasteiger partial charge in [-0.3, -0.25) is 9.59 Å². The van der Waals surface area contributed by atoms with Gasteiger partial charge in [0.2, 0.25) is 0 Å². The first-order valence-corrected chi connectivity index (χ1v) is 9.75. The highest BCUT2D eigenvalue weighted by atomic mass is 32.1. The van der Waals surface area contributed by atoms with Crippen molar-refractivity contribution in [3.05, 3.63) is 58.2 Å². The molecule has 144 valence electrons. The first-order chi connectivity index (χ1) is 13.6. The molecule has 0 saturated carbocycles. The van der Waals surface area contributed by atoms with E-state index in [4.69, 9.17) is 4.74 Å². The summed E-state index contributed by atoms with van der Waals surface area (Å²) in [5.41, 5.74) is 0.664. The minimum absolute atomic E-state index is 0.166. The minimum atomic E-state index is -0.227. The Morgan fingerprint density at radius 1 is 1.32 bits per heavy atom. The topological polar surface area (TPSA) is 78.2 Å². The molecule has 0 aliphatic rings. The number of aryl methyl sites for hydroxylation is 2. The zero-order chi connectivity index (χ0) is 19.7. The van der Waals surface area contributed by atoms with Crippen LogP contribution in [0.15, 0.2) is 47.8 Å². The Hall–Kier alpha value is -3.13. The number of carbonyl (C=O) groups excluding carboxylic acids is 1. The summed E-state index contributed by atoms with van der Waals surface area (Å²) < 4.78 is 9.83. The Morgan fingerprint density at radius 3 is 2.89 bits per heavy atom. The lowest BCUT2D eigenvalue weighted by Gasteiger charge is -2.07. The summed E-state index contributed by atoms with van der Waals surface area (Å²) in [5, 5.41) is 4.32. The van der Waals surface area contributed by atoms with Crippen LogP contribution in [-0.2, 0) is 13.6 Å². The predicted octanol–water partition coefficient (Wildman–Crippen LogP) is 2.78. The van der Waals surface area contributed by atoms with Gasteiger partial charge in [-0.2, -0.15) is 0 Å². The van der Waals surface area contributed by atoms with Gasteiger partial charge >= 0.3 is 0 Å². The molecule has 1 aromatic carbocycles. The molecule has 0 atom stereocenters. The van der Waals surface area contributed by atoms with Crippen LogP contribution in [0.1, 0.15) is 16.1 Å². The quantitative estimate of drug-likeness (QED) is 0.509. The summed E-state index contributed by atoms with van der Waals surface area (Å²) in [4.78, 5) is 30.1. The van der Waals surface area contributed by atoms with Gasteiger partial charge in [-0.25, -0.2) is 4.98 Å². The van der Waals surface area contributed by atoms with E-state index in [0.717, 1.165) is 28.6 Å². The molecule has 8 heteroatoms. The average Bonchev–Trinajstić information content (AvgIpc) is 3.37. The number of imidazole rings is 1. The molecule has 1 amide bonds. The molecule has 0 aliphatic heterocycles. The molecule has 3 heterocycles. The third-order valence-corrected chi connectivity index (χ3v) is 5.94. The first-order valence-electron chi connectivity index (χ1n) is 8.94. The number of nitrogens with zero attached hydrogens (tertiary/aromatic N) is 3. The average molecular weight is 396 g/mol. The normalized spacial score (nSPS) is 11.2. The van der Waals surface area contributed by atoms with Gasteiger partial charge in [0.15, 0.2) is 5.75 Å². The number of carbonyl (C=O) groups is 1. The van der Waals surface area contributed by atoms with Crippen LogP contribution in [-0.4, -0.2) is 33.7 Å². The Balaban J connectivity index is 1.67. The van der Waals surface area contributed by atoms with Crippen molar-refractivity contribution in [2.75, 3.05) is 13.7 Å². The number of para-hydroxylation sites is 1. The van der Waals surface area contributed by atoms with E-state index in [0.29, 0.717) is 22.6 Å². The number of rotatable bonds is 6. The molecule has 0 radical (unpaired) electrons. The van der Waals surface area contributed by atoms with Crippen molar-refractivity contribution in [3.63, 3.8) is 0 Å². The zero-order valence-electron chi connectivity index (χ0n) is 15.6. The molecule has 4 aromatic rings. The lowest BCUT2D eigenvalue weighted by Crippen LogP contribution is -2.25. The van der Waals surface area contributed by atoms with Gasteiger partial charge in [-0.05, 0) is 12.5 Å². The molecular weight excluding hydrogens is 376 g/mol. The van der Waals surface area contributed by atoms with Crippen molar-refractivity contribution in [1.29, 1.82) is 0 Å². The Morgan fingerprint density at radius 2 is 2.14 bits per heavy atom. The lowest BCUT2D eigenvalue weighted by molar-refractivity contribution is 0.0954. The maximum absolute atomic E-state index is 12.9. The number of hydrogen-bond acceptors (Lipinski definition) is 5. The van der Waals surface area contributed by atoms with Gasteiger partial charge in [0.05, 0.1) is 23.7 Å². The van der Waals surface area contributed by atoms with Gasteiger partial charge in [0.25, 0.3) is 11.5 Å². The van der Waals surface area contributed by atoms with Gasteiger partial charge in [-0.1, -0.05) is 18.2 Å². The first kappa shape index (κ1) is 18.2. The molecule has 28 heavy (non-hydrogen) atoms. The van der Waals surface area contributed by atoms with E-state index in [-0.39, 0.29) is 11.5 Å². The number of methoxy groups -OCH3 is 1. The van der Waals surface area contributed by atoms with Gasteiger partial charge in [0, 0.05) is 37.9 Å². The monoisotopic (exact) mass is 396 g/mol. The lowest BCUT2D eigenvalue weighted by atomic mass is 10.1. The number of pyridine rings is 1. The highest BCUT2D eigenvalue weighted by Gasteiger charge is 2.23. The third kappa shape index (κ3) is 3.05. The SMILES string of the molecule is COc1c(C(=O)NCCCn2ccnc2)sc2c1c(=O)n(C)c1ccccc21. The Labute approximate surface area is 165 Å². The van der Waals surface area contributed by atoms with E-state index in [1.807, 2.05) is 35.0 Å². The van der Waals surface area contributed by atoms with Gasteiger partial charge < -0.3 is 19.2 Å². The molecule has 0 spiro atoms. The van der Waals surface area contributed by atoms with Crippen molar-refractivity contribution in [2.24, 2.45) is 7.05 Å². The van der Waals surface area contributed by atoms with Crippen molar-refractivity contribution in [2.45, 2.75) is 13.0 Å².